The van der Waals surface area contributed by atoms with Crippen molar-refractivity contribution in [1.29, 1.82) is 0 Å². The van der Waals surface area contributed by atoms with Crippen molar-refractivity contribution in [2.24, 2.45) is 11.8 Å². The summed E-state index contributed by atoms with van der Waals surface area (Å²) in [6.45, 7) is 3.89. The molecule has 1 amide bonds. The number of H-pyrrole nitrogens is 1. The summed E-state index contributed by atoms with van der Waals surface area (Å²) < 4.78 is 0. The molecule has 0 radical (unpaired) electrons. The maximum absolute atomic E-state index is 13.4. The SMILES string of the molecule is CNCC1CCCCC1C(=O)N1Cc2[nH]c3ccccc3c2C[C@H]1C.[Fe]. The average Bonchev–Trinajstić information content (AvgIpc) is 2.99. The first-order chi connectivity index (χ1) is 12.2. The largest absolute Gasteiger partial charge is 0.357 e. The van der Waals surface area contributed by atoms with Crippen LogP contribution in [0.25, 0.3) is 10.9 Å². The maximum Gasteiger partial charge on any atom is 0.226 e. The van der Waals surface area contributed by atoms with Crippen LogP contribution >= 0.6 is 0 Å². The molecule has 1 fully saturated rings. The van der Waals surface area contributed by atoms with Crippen molar-refractivity contribution < 1.29 is 21.9 Å². The zero-order chi connectivity index (χ0) is 17.4. The van der Waals surface area contributed by atoms with Gasteiger partial charge in [-0.05, 0) is 57.3 Å². The summed E-state index contributed by atoms with van der Waals surface area (Å²) in [4.78, 5) is 19.0. The first-order valence-electron chi connectivity index (χ1n) is 9.72. The molecule has 4 rings (SSSR count). The second kappa shape index (κ2) is 8.16. The second-order valence-corrected chi connectivity index (χ2v) is 7.86. The summed E-state index contributed by atoms with van der Waals surface area (Å²) in [5.41, 5.74) is 3.83. The van der Waals surface area contributed by atoms with Crippen LogP contribution in [0.15, 0.2) is 24.3 Å². The average molecular weight is 395 g/mol. The third-order valence-electron chi connectivity index (χ3n) is 6.24. The Balaban J connectivity index is 0.00000196. The van der Waals surface area contributed by atoms with Gasteiger partial charge in [0.05, 0.1) is 6.54 Å². The maximum atomic E-state index is 13.4. The summed E-state index contributed by atoms with van der Waals surface area (Å²) in [5, 5.41) is 4.61. The Morgan fingerprint density at radius 1 is 1.27 bits per heavy atom. The predicted octanol–water partition coefficient (Wildman–Crippen LogP) is 3.46. The Kier molecular flexibility index (Phi) is 6.11. The van der Waals surface area contributed by atoms with Crippen molar-refractivity contribution in [2.75, 3.05) is 13.6 Å². The summed E-state index contributed by atoms with van der Waals surface area (Å²) >= 11 is 0. The molecule has 1 aromatic heterocycles. The van der Waals surface area contributed by atoms with Crippen LogP contribution in [0.2, 0.25) is 0 Å². The molecule has 4 nitrogen and oxygen atoms in total. The number of nitrogens with zero attached hydrogens (tertiary/aromatic N) is 1. The molecule has 2 N–H and O–H groups in total. The van der Waals surface area contributed by atoms with E-state index in [0.717, 1.165) is 25.9 Å². The molecule has 2 heterocycles. The van der Waals surface area contributed by atoms with Gasteiger partial charge in [0.1, 0.15) is 0 Å². The number of fused-ring (bicyclic) bond motifs is 3. The Bertz CT molecular complexity index is 770. The summed E-state index contributed by atoms with van der Waals surface area (Å²) in [5.74, 6) is 1.05. The van der Waals surface area contributed by atoms with Crippen molar-refractivity contribution >= 4 is 16.8 Å². The van der Waals surface area contributed by atoms with E-state index in [0.29, 0.717) is 11.8 Å². The van der Waals surface area contributed by atoms with Gasteiger partial charge in [-0.3, -0.25) is 4.79 Å². The molecule has 1 aliphatic heterocycles. The second-order valence-electron chi connectivity index (χ2n) is 7.86. The summed E-state index contributed by atoms with van der Waals surface area (Å²) in [6, 6.07) is 8.77. The molecule has 0 bridgehead atoms. The van der Waals surface area contributed by atoms with Crippen LogP contribution in [-0.4, -0.2) is 35.4 Å². The van der Waals surface area contributed by atoms with Crippen LogP contribution in [0.4, 0.5) is 0 Å². The van der Waals surface area contributed by atoms with Gasteiger partial charge in [0.2, 0.25) is 5.91 Å². The molecule has 0 saturated heterocycles. The van der Waals surface area contributed by atoms with E-state index >= 15 is 0 Å². The number of hydrogen-bond donors (Lipinski definition) is 2. The molecule has 3 atom stereocenters. The normalized spacial score (nSPS) is 25.6. The number of benzene rings is 1. The van der Waals surface area contributed by atoms with Crippen LogP contribution in [-0.2, 0) is 34.8 Å². The molecule has 2 aliphatic rings. The van der Waals surface area contributed by atoms with E-state index < -0.39 is 0 Å². The van der Waals surface area contributed by atoms with Crippen molar-refractivity contribution in [3.05, 3.63) is 35.5 Å². The van der Waals surface area contributed by atoms with Crippen LogP contribution < -0.4 is 5.32 Å². The molecule has 1 aliphatic carbocycles. The van der Waals surface area contributed by atoms with Gasteiger partial charge in [0.25, 0.3) is 0 Å². The Morgan fingerprint density at radius 3 is 2.85 bits per heavy atom. The first-order valence-corrected chi connectivity index (χ1v) is 9.72. The van der Waals surface area contributed by atoms with Gasteiger partial charge in [0, 0.05) is 45.6 Å². The quantitative estimate of drug-likeness (QED) is 0.782. The van der Waals surface area contributed by atoms with Crippen molar-refractivity contribution in [3.8, 4) is 0 Å². The fraction of sp³-hybridized carbons (Fsp3) is 0.571. The van der Waals surface area contributed by atoms with Crippen LogP contribution in [0.5, 0.6) is 0 Å². The molecular weight excluding hydrogens is 366 g/mol. The van der Waals surface area contributed by atoms with Gasteiger partial charge in [-0.1, -0.05) is 31.0 Å². The molecule has 0 spiro atoms. The number of amides is 1. The number of rotatable bonds is 3. The van der Waals surface area contributed by atoms with Gasteiger partial charge in [0.15, 0.2) is 0 Å². The molecule has 26 heavy (non-hydrogen) atoms. The smallest absolute Gasteiger partial charge is 0.226 e. The first kappa shape index (κ1) is 19.5. The summed E-state index contributed by atoms with van der Waals surface area (Å²) in [6.07, 6.45) is 5.63. The van der Waals surface area contributed by atoms with E-state index in [1.807, 2.05) is 7.05 Å². The van der Waals surface area contributed by atoms with Crippen molar-refractivity contribution in [2.45, 2.75) is 51.6 Å². The van der Waals surface area contributed by atoms with Crippen LogP contribution in [0.1, 0.15) is 43.9 Å². The Labute approximate surface area is 166 Å². The molecule has 1 saturated carbocycles. The Morgan fingerprint density at radius 2 is 2.04 bits per heavy atom. The monoisotopic (exact) mass is 395 g/mol. The van der Waals surface area contributed by atoms with Gasteiger partial charge in [-0.25, -0.2) is 0 Å². The zero-order valence-electron chi connectivity index (χ0n) is 15.7. The molecule has 2 aromatic rings. The number of aromatic amines is 1. The molecule has 1 aromatic carbocycles. The van der Waals surface area contributed by atoms with E-state index in [1.165, 1.54) is 41.4 Å². The predicted molar refractivity (Wildman–Crippen MR) is 101 cm³/mol. The fourth-order valence-electron chi connectivity index (χ4n) is 4.90. The molecule has 142 valence electrons. The van der Waals surface area contributed by atoms with E-state index in [2.05, 4.69) is 46.4 Å². The van der Waals surface area contributed by atoms with Crippen LogP contribution in [0, 0.1) is 11.8 Å². The zero-order valence-corrected chi connectivity index (χ0v) is 16.8. The van der Waals surface area contributed by atoms with Gasteiger partial charge < -0.3 is 15.2 Å². The van der Waals surface area contributed by atoms with Crippen LogP contribution in [0.3, 0.4) is 0 Å². The third-order valence-corrected chi connectivity index (χ3v) is 6.24. The van der Waals surface area contributed by atoms with E-state index in [1.54, 1.807) is 0 Å². The van der Waals surface area contributed by atoms with Gasteiger partial charge in [-0.2, -0.15) is 0 Å². The topological polar surface area (TPSA) is 48.1 Å². The summed E-state index contributed by atoms with van der Waals surface area (Å²) in [7, 11) is 2.00. The number of carbonyl (C=O) groups excluding carboxylic acids is 1. The van der Waals surface area contributed by atoms with Gasteiger partial charge in [-0.15, -0.1) is 0 Å². The standard InChI is InChI=1S/C21H29N3O.Fe/c1-14-11-18-17-9-5-6-10-19(17)23-20(18)13-24(14)21(25)16-8-4-3-7-15(16)12-22-2;/h5-6,9-10,14-16,22-23H,3-4,7-8,11-13H2,1-2H3;/t14-,15?,16?;/m1./s1. The number of carbonyl (C=O) groups is 1. The third kappa shape index (κ3) is 3.45. The van der Waals surface area contributed by atoms with E-state index in [4.69, 9.17) is 0 Å². The molecular formula is C21H29FeN3O. The van der Waals surface area contributed by atoms with Crippen molar-refractivity contribution in [3.63, 3.8) is 0 Å². The number of nitrogens with one attached hydrogen (secondary N) is 2. The minimum Gasteiger partial charge on any atom is -0.357 e. The Hall–Kier alpha value is -1.29. The van der Waals surface area contributed by atoms with Gasteiger partial charge >= 0.3 is 0 Å². The minimum atomic E-state index is 0. The number of aromatic nitrogens is 1. The van der Waals surface area contributed by atoms with E-state index in [-0.39, 0.29) is 29.0 Å². The molecule has 2 unspecified atom stereocenters. The minimum absolute atomic E-state index is 0. The number of para-hydroxylation sites is 1. The number of hydrogen-bond acceptors (Lipinski definition) is 2. The fourth-order valence-corrected chi connectivity index (χ4v) is 4.90. The van der Waals surface area contributed by atoms with Crippen molar-refractivity contribution in [1.82, 2.24) is 15.2 Å². The van der Waals surface area contributed by atoms with E-state index in [9.17, 15) is 4.79 Å². The molecule has 5 heteroatoms.